The van der Waals surface area contributed by atoms with Gasteiger partial charge < -0.3 is 16.8 Å². The number of carbonyl (C=O) groups is 2. The van der Waals surface area contributed by atoms with E-state index in [1.54, 1.807) is 0 Å². The van der Waals surface area contributed by atoms with Crippen LogP contribution in [0.5, 0.6) is 0 Å². The summed E-state index contributed by atoms with van der Waals surface area (Å²) >= 11 is 0. The molecule has 0 unspecified atom stereocenters. The summed E-state index contributed by atoms with van der Waals surface area (Å²) in [6.07, 6.45) is -1.26. The first-order valence-electron chi connectivity index (χ1n) is 7.77. The minimum atomic E-state index is -4.81. The zero-order valence-electron chi connectivity index (χ0n) is 14.3. The van der Waals surface area contributed by atoms with E-state index in [0.717, 1.165) is 12.3 Å². The van der Waals surface area contributed by atoms with E-state index in [-0.39, 0.29) is 23.4 Å². The number of hydrogen-bond donors (Lipinski definition) is 3. The van der Waals surface area contributed by atoms with Gasteiger partial charge in [0.2, 0.25) is 5.91 Å². The monoisotopic (exact) mass is 397 g/mol. The SMILES string of the molecule is N/C=C(/C(=O)NCC(N)=O)c1ncc(Cc2ccc(F)c(C(F)(F)F)c2)cn1. The molecular formula is C17H15F4N5O2. The lowest BCUT2D eigenvalue weighted by Gasteiger charge is -2.10. The topological polar surface area (TPSA) is 124 Å². The molecule has 11 heteroatoms. The lowest BCUT2D eigenvalue weighted by molar-refractivity contribution is -0.140. The molecule has 0 atom stereocenters. The summed E-state index contributed by atoms with van der Waals surface area (Å²) in [5.41, 5.74) is 9.48. The van der Waals surface area contributed by atoms with E-state index < -0.39 is 35.9 Å². The number of aromatic nitrogens is 2. The van der Waals surface area contributed by atoms with Crippen molar-refractivity contribution < 1.29 is 27.2 Å². The van der Waals surface area contributed by atoms with Crippen molar-refractivity contribution in [3.8, 4) is 0 Å². The van der Waals surface area contributed by atoms with Gasteiger partial charge in [-0.3, -0.25) is 9.59 Å². The van der Waals surface area contributed by atoms with Gasteiger partial charge in [-0.05, 0) is 23.3 Å². The van der Waals surface area contributed by atoms with Crippen molar-refractivity contribution in [2.45, 2.75) is 12.6 Å². The molecule has 7 nitrogen and oxygen atoms in total. The number of halogens is 4. The van der Waals surface area contributed by atoms with Crippen LogP contribution >= 0.6 is 0 Å². The second-order valence-electron chi connectivity index (χ2n) is 5.63. The van der Waals surface area contributed by atoms with Crippen molar-refractivity contribution in [1.82, 2.24) is 15.3 Å². The van der Waals surface area contributed by atoms with Crippen LogP contribution in [0.4, 0.5) is 17.6 Å². The quantitative estimate of drug-likeness (QED) is 0.498. The first kappa shape index (κ1) is 20.8. The molecule has 0 saturated heterocycles. The van der Waals surface area contributed by atoms with Crippen LogP contribution in [0.2, 0.25) is 0 Å². The molecule has 0 aliphatic rings. The number of nitrogens with one attached hydrogen (secondary N) is 1. The summed E-state index contributed by atoms with van der Waals surface area (Å²) in [5, 5.41) is 2.23. The minimum Gasteiger partial charge on any atom is -0.404 e. The first-order valence-corrected chi connectivity index (χ1v) is 7.77. The fraction of sp³-hybridized carbons (Fsp3) is 0.176. The summed E-state index contributed by atoms with van der Waals surface area (Å²) in [5.74, 6) is -2.88. The van der Waals surface area contributed by atoms with Gasteiger partial charge in [-0.15, -0.1) is 0 Å². The van der Waals surface area contributed by atoms with E-state index in [9.17, 15) is 27.2 Å². The Balaban J connectivity index is 2.17. The Morgan fingerprint density at radius 1 is 1.14 bits per heavy atom. The molecule has 0 radical (unpaired) electrons. The Kier molecular flexibility index (Phi) is 6.29. The largest absolute Gasteiger partial charge is 0.419 e. The Morgan fingerprint density at radius 3 is 2.32 bits per heavy atom. The molecule has 0 aliphatic heterocycles. The average Bonchev–Trinajstić information content (AvgIpc) is 2.62. The van der Waals surface area contributed by atoms with Crippen LogP contribution < -0.4 is 16.8 Å². The van der Waals surface area contributed by atoms with E-state index in [0.29, 0.717) is 11.6 Å². The summed E-state index contributed by atoms with van der Waals surface area (Å²) in [7, 11) is 0. The molecule has 1 heterocycles. The van der Waals surface area contributed by atoms with Gasteiger partial charge >= 0.3 is 6.18 Å². The molecule has 2 aromatic rings. The number of alkyl halides is 3. The molecule has 1 aromatic heterocycles. The van der Waals surface area contributed by atoms with Gasteiger partial charge in [0.05, 0.1) is 17.7 Å². The third kappa shape index (κ3) is 5.25. The third-order valence-corrected chi connectivity index (χ3v) is 3.53. The lowest BCUT2D eigenvalue weighted by atomic mass is 10.0. The van der Waals surface area contributed by atoms with Crippen LogP contribution in [-0.2, 0) is 22.2 Å². The van der Waals surface area contributed by atoms with Crippen molar-refractivity contribution in [2.24, 2.45) is 11.5 Å². The van der Waals surface area contributed by atoms with Gasteiger partial charge in [-0.25, -0.2) is 14.4 Å². The molecular weight excluding hydrogens is 382 g/mol. The van der Waals surface area contributed by atoms with Gasteiger partial charge in [-0.2, -0.15) is 13.2 Å². The lowest BCUT2D eigenvalue weighted by Crippen LogP contribution is -2.34. The smallest absolute Gasteiger partial charge is 0.404 e. The van der Waals surface area contributed by atoms with Crippen LogP contribution in [0.25, 0.3) is 5.57 Å². The number of benzene rings is 1. The van der Waals surface area contributed by atoms with Crippen molar-refractivity contribution in [1.29, 1.82) is 0 Å². The second-order valence-corrected chi connectivity index (χ2v) is 5.63. The van der Waals surface area contributed by atoms with Crippen molar-refractivity contribution >= 4 is 17.4 Å². The number of hydrogen-bond acceptors (Lipinski definition) is 5. The molecule has 0 aliphatic carbocycles. The molecule has 5 N–H and O–H groups in total. The van der Waals surface area contributed by atoms with Gasteiger partial charge in [0, 0.05) is 25.0 Å². The molecule has 0 spiro atoms. The molecule has 28 heavy (non-hydrogen) atoms. The van der Waals surface area contributed by atoms with Crippen LogP contribution in [0.1, 0.15) is 22.5 Å². The van der Waals surface area contributed by atoms with Gasteiger partial charge in [0.25, 0.3) is 5.91 Å². The summed E-state index contributed by atoms with van der Waals surface area (Å²) in [4.78, 5) is 30.5. The van der Waals surface area contributed by atoms with Crippen LogP contribution in [0, 0.1) is 5.82 Å². The molecule has 2 amide bonds. The average molecular weight is 397 g/mol. The highest BCUT2D eigenvalue weighted by Gasteiger charge is 2.34. The molecule has 148 valence electrons. The summed E-state index contributed by atoms with van der Waals surface area (Å²) < 4.78 is 51.7. The number of amides is 2. The maximum atomic E-state index is 13.3. The van der Waals surface area contributed by atoms with Crippen molar-refractivity contribution in [3.63, 3.8) is 0 Å². The standard InChI is InChI=1S/C17H15F4N5O2/c18-13-2-1-9(4-12(13)17(19,20)21)3-10-6-24-15(25-7-10)11(5-22)16(28)26-8-14(23)27/h1-2,4-7H,3,8,22H2,(H2,23,27)(H,26,28)/b11-5+. The summed E-state index contributed by atoms with van der Waals surface area (Å²) in [6.45, 7) is -0.402. The number of rotatable bonds is 6. The number of carbonyl (C=O) groups excluding carboxylic acids is 2. The predicted molar refractivity (Wildman–Crippen MR) is 90.6 cm³/mol. The highest BCUT2D eigenvalue weighted by atomic mass is 19.4. The van der Waals surface area contributed by atoms with E-state index in [2.05, 4.69) is 15.3 Å². The zero-order chi connectivity index (χ0) is 20.9. The predicted octanol–water partition coefficient (Wildman–Crippen LogP) is 1.13. The van der Waals surface area contributed by atoms with Gasteiger partial charge in [-0.1, -0.05) is 6.07 Å². The van der Waals surface area contributed by atoms with Gasteiger partial charge in [0.15, 0.2) is 5.82 Å². The molecule has 0 bridgehead atoms. The van der Waals surface area contributed by atoms with E-state index in [1.165, 1.54) is 18.5 Å². The number of nitrogens with two attached hydrogens (primary N) is 2. The maximum absolute atomic E-state index is 13.3. The number of nitrogens with zero attached hydrogens (tertiary/aromatic N) is 2. The Morgan fingerprint density at radius 2 is 1.79 bits per heavy atom. The van der Waals surface area contributed by atoms with Gasteiger partial charge in [0.1, 0.15) is 5.82 Å². The number of primary amides is 1. The Hall–Kier alpha value is -3.50. The van der Waals surface area contributed by atoms with Crippen molar-refractivity contribution in [2.75, 3.05) is 6.54 Å². The van der Waals surface area contributed by atoms with E-state index in [4.69, 9.17) is 11.5 Å². The Bertz CT molecular complexity index is 911. The first-order chi connectivity index (χ1) is 13.1. The van der Waals surface area contributed by atoms with Crippen LogP contribution in [-0.4, -0.2) is 28.3 Å². The van der Waals surface area contributed by atoms with E-state index in [1.807, 2.05) is 0 Å². The molecule has 1 aromatic carbocycles. The fourth-order valence-electron chi connectivity index (χ4n) is 2.23. The van der Waals surface area contributed by atoms with Crippen LogP contribution in [0.15, 0.2) is 36.8 Å². The highest BCUT2D eigenvalue weighted by Crippen LogP contribution is 2.32. The van der Waals surface area contributed by atoms with E-state index >= 15 is 0 Å². The summed E-state index contributed by atoms with van der Waals surface area (Å²) in [6, 6.07) is 2.68. The molecule has 0 fully saturated rings. The molecule has 0 saturated carbocycles. The highest BCUT2D eigenvalue weighted by molar-refractivity contribution is 6.18. The second kappa shape index (κ2) is 8.46. The maximum Gasteiger partial charge on any atom is 0.419 e. The molecule has 2 rings (SSSR count). The Labute approximate surface area is 156 Å². The zero-order valence-corrected chi connectivity index (χ0v) is 14.3. The normalized spacial score (nSPS) is 11.9. The van der Waals surface area contributed by atoms with Crippen LogP contribution in [0.3, 0.4) is 0 Å². The fourth-order valence-corrected chi connectivity index (χ4v) is 2.23. The van der Waals surface area contributed by atoms with Crippen molar-refractivity contribution in [3.05, 3.63) is 65.1 Å². The third-order valence-electron chi connectivity index (χ3n) is 3.53. The minimum absolute atomic E-state index is 0.0131.